The summed E-state index contributed by atoms with van der Waals surface area (Å²) in [5.41, 5.74) is 2.91. The van der Waals surface area contributed by atoms with Crippen LogP contribution in [0.2, 0.25) is 5.02 Å². The number of ketones is 1. The zero-order valence-corrected chi connectivity index (χ0v) is 20.7. The van der Waals surface area contributed by atoms with Crippen LogP contribution in [-0.2, 0) is 11.3 Å². The summed E-state index contributed by atoms with van der Waals surface area (Å²) in [6, 6.07) is 20.2. The Morgan fingerprint density at radius 2 is 1.70 bits per heavy atom. The highest BCUT2D eigenvalue weighted by molar-refractivity contribution is 8.18. The van der Waals surface area contributed by atoms with E-state index < -0.39 is 16.1 Å². The Balaban J connectivity index is 1.40. The molecule has 3 aromatic carbocycles. The number of Topliss-reactive ketones (excluding diaryl/α,β-unsaturated/α-hetero) is 1. The molecule has 1 aliphatic heterocycles. The maximum atomic E-state index is 13.0. The average molecular weight is 532 g/mol. The van der Waals surface area contributed by atoms with E-state index >= 15 is 0 Å². The van der Waals surface area contributed by atoms with E-state index in [1.807, 2.05) is 35.0 Å². The number of hydrogen-bond donors (Lipinski definition) is 0. The summed E-state index contributed by atoms with van der Waals surface area (Å²) >= 11 is 6.66. The van der Waals surface area contributed by atoms with Crippen molar-refractivity contribution >= 4 is 63.0 Å². The van der Waals surface area contributed by atoms with Crippen LogP contribution < -0.4 is 0 Å². The van der Waals surface area contributed by atoms with Gasteiger partial charge in [-0.05, 0) is 53.7 Å². The Bertz CT molecular complexity index is 1590. The number of nitrogens with zero attached hydrogens (tertiary/aromatic N) is 3. The van der Waals surface area contributed by atoms with Crippen LogP contribution in [0.5, 0.6) is 0 Å². The minimum Gasteiger partial charge on any atom is -0.342 e. The smallest absolute Gasteiger partial charge is 0.293 e. The van der Waals surface area contributed by atoms with Crippen LogP contribution in [-0.4, -0.2) is 37.9 Å². The monoisotopic (exact) mass is 531 g/mol. The van der Waals surface area contributed by atoms with E-state index in [4.69, 9.17) is 11.6 Å². The lowest BCUT2D eigenvalue weighted by Gasteiger charge is -2.11. The molecule has 8 nitrogen and oxygen atoms in total. The first-order valence-corrected chi connectivity index (χ1v) is 12.3. The first-order chi connectivity index (χ1) is 17.8. The highest BCUT2D eigenvalue weighted by Gasteiger charge is 2.36. The minimum atomic E-state index is -0.524. The van der Waals surface area contributed by atoms with Gasteiger partial charge in [-0.2, -0.15) is 0 Å². The Morgan fingerprint density at radius 1 is 1.00 bits per heavy atom. The van der Waals surface area contributed by atoms with Crippen molar-refractivity contribution < 1.29 is 19.3 Å². The molecule has 0 bridgehead atoms. The number of hydrogen-bond acceptors (Lipinski definition) is 6. The predicted octanol–water partition coefficient (Wildman–Crippen LogP) is 6.17. The first-order valence-electron chi connectivity index (χ1n) is 11.2. The number of amides is 2. The zero-order chi connectivity index (χ0) is 26.1. The van der Waals surface area contributed by atoms with Gasteiger partial charge in [-0.3, -0.25) is 29.4 Å². The van der Waals surface area contributed by atoms with Gasteiger partial charge in [0.25, 0.3) is 16.8 Å². The van der Waals surface area contributed by atoms with Crippen molar-refractivity contribution in [1.82, 2.24) is 9.47 Å². The fraction of sp³-hybridized carbons (Fsp3) is 0.0741. The highest BCUT2D eigenvalue weighted by atomic mass is 35.5. The molecule has 1 fully saturated rings. The Hall–Kier alpha value is -4.21. The number of benzene rings is 3. The molecule has 2 amide bonds. The van der Waals surface area contributed by atoms with Gasteiger partial charge in [-0.15, -0.1) is 0 Å². The van der Waals surface area contributed by atoms with Crippen LogP contribution in [0.25, 0.3) is 17.0 Å². The van der Waals surface area contributed by atoms with Gasteiger partial charge in [0, 0.05) is 51.9 Å². The summed E-state index contributed by atoms with van der Waals surface area (Å²) in [4.78, 5) is 49.9. The Morgan fingerprint density at radius 3 is 2.41 bits per heavy atom. The summed E-state index contributed by atoms with van der Waals surface area (Å²) in [6.45, 7) is 0.106. The molecule has 0 unspecified atom stereocenters. The molecule has 37 heavy (non-hydrogen) atoms. The Kier molecular flexibility index (Phi) is 6.64. The van der Waals surface area contributed by atoms with Crippen LogP contribution in [0.1, 0.15) is 21.5 Å². The second-order valence-corrected chi connectivity index (χ2v) is 9.78. The van der Waals surface area contributed by atoms with Crippen molar-refractivity contribution in [3.05, 3.63) is 116 Å². The molecule has 0 spiro atoms. The SMILES string of the molecule is O=C(CN1C(=O)S/C(=C\c2cn(Cc3ccc([N+](=O)[O-])cc3)c3ccccc23)C1=O)c1ccc(Cl)cc1. The summed E-state index contributed by atoms with van der Waals surface area (Å²) in [7, 11) is 0. The molecule has 0 atom stereocenters. The van der Waals surface area contributed by atoms with Crippen LogP contribution in [0.15, 0.2) is 83.9 Å². The average Bonchev–Trinajstić information content (AvgIpc) is 3.36. The fourth-order valence-electron chi connectivity index (χ4n) is 4.09. The Labute approximate surface area is 220 Å². The first kappa shape index (κ1) is 24.5. The van der Waals surface area contributed by atoms with Gasteiger partial charge in [-0.1, -0.05) is 41.9 Å². The molecule has 10 heteroatoms. The number of para-hydroxylation sites is 1. The highest BCUT2D eigenvalue weighted by Crippen LogP contribution is 2.34. The number of halogens is 1. The van der Waals surface area contributed by atoms with Crippen LogP contribution in [0, 0.1) is 10.1 Å². The molecule has 4 aromatic rings. The maximum absolute atomic E-state index is 13.0. The number of imide groups is 1. The molecule has 0 saturated carbocycles. The van der Waals surface area contributed by atoms with Crippen molar-refractivity contribution in [2.75, 3.05) is 6.54 Å². The van der Waals surface area contributed by atoms with Crippen LogP contribution >= 0.6 is 23.4 Å². The summed E-state index contributed by atoms with van der Waals surface area (Å²) in [6.07, 6.45) is 3.53. The number of non-ortho nitro benzene ring substituents is 1. The number of nitro groups is 1. The van der Waals surface area contributed by atoms with Gasteiger partial charge in [0.1, 0.15) is 0 Å². The third kappa shape index (κ3) is 5.04. The van der Waals surface area contributed by atoms with Gasteiger partial charge >= 0.3 is 0 Å². The lowest BCUT2D eigenvalue weighted by molar-refractivity contribution is -0.384. The van der Waals surface area contributed by atoms with E-state index in [0.717, 1.165) is 38.7 Å². The van der Waals surface area contributed by atoms with E-state index in [1.54, 1.807) is 42.5 Å². The topological polar surface area (TPSA) is 103 Å². The molecule has 1 aromatic heterocycles. The van der Waals surface area contributed by atoms with Crippen molar-refractivity contribution in [2.24, 2.45) is 0 Å². The maximum Gasteiger partial charge on any atom is 0.293 e. The molecule has 0 N–H and O–H groups in total. The number of carbonyl (C=O) groups excluding carboxylic acids is 3. The molecular formula is C27H18ClN3O5S. The number of fused-ring (bicyclic) bond motifs is 1. The molecule has 0 radical (unpaired) electrons. The summed E-state index contributed by atoms with van der Waals surface area (Å²) < 4.78 is 1.98. The van der Waals surface area contributed by atoms with Crippen LogP contribution in [0.4, 0.5) is 10.5 Å². The molecule has 1 aliphatic rings. The lowest BCUT2D eigenvalue weighted by atomic mass is 10.1. The number of thioether (sulfide) groups is 1. The van der Waals surface area contributed by atoms with E-state index in [1.165, 1.54) is 12.1 Å². The standard InChI is InChI=1S/C27H18ClN3O5S/c28-20-9-7-18(8-10-20)24(32)16-30-26(33)25(37-27(30)34)13-19-15-29(23-4-2-1-3-22(19)23)14-17-5-11-21(12-6-17)31(35)36/h1-13,15H,14,16H2/b25-13-. The van der Waals surface area contributed by atoms with E-state index in [9.17, 15) is 24.5 Å². The third-order valence-corrected chi connectivity index (χ3v) is 7.11. The molecule has 1 saturated heterocycles. The minimum absolute atomic E-state index is 0.0204. The zero-order valence-electron chi connectivity index (χ0n) is 19.2. The quantitative estimate of drug-likeness (QED) is 0.122. The van der Waals surface area contributed by atoms with Gasteiger partial charge in [-0.25, -0.2) is 0 Å². The normalized spacial score (nSPS) is 14.6. The van der Waals surface area contributed by atoms with Crippen molar-refractivity contribution in [1.29, 1.82) is 0 Å². The largest absolute Gasteiger partial charge is 0.342 e. The molecular weight excluding hydrogens is 514 g/mol. The predicted molar refractivity (Wildman–Crippen MR) is 143 cm³/mol. The number of aromatic nitrogens is 1. The van der Waals surface area contributed by atoms with E-state index in [0.29, 0.717) is 17.1 Å². The number of carbonyl (C=O) groups is 3. The summed E-state index contributed by atoms with van der Waals surface area (Å²) in [5, 5.41) is 11.8. The molecule has 184 valence electrons. The lowest BCUT2D eigenvalue weighted by Crippen LogP contribution is -2.33. The van der Waals surface area contributed by atoms with Gasteiger partial charge < -0.3 is 4.57 Å². The van der Waals surface area contributed by atoms with E-state index in [2.05, 4.69) is 0 Å². The number of rotatable bonds is 7. The van der Waals surface area contributed by atoms with Crippen molar-refractivity contribution in [3.63, 3.8) is 0 Å². The van der Waals surface area contributed by atoms with Gasteiger partial charge in [0.2, 0.25) is 0 Å². The van der Waals surface area contributed by atoms with Gasteiger partial charge in [0.05, 0.1) is 16.4 Å². The van der Waals surface area contributed by atoms with Gasteiger partial charge in [0.15, 0.2) is 5.78 Å². The van der Waals surface area contributed by atoms with Crippen LogP contribution in [0.3, 0.4) is 0 Å². The van der Waals surface area contributed by atoms with E-state index in [-0.39, 0.29) is 22.9 Å². The van der Waals surface area contributed by atoms with Crippen molar-refractivity contribution in [2.45, 2.75) is 6.54 Å². The second-order valence-electron chi connectivity index (χ2n) is 8.35. The molecule has 0 aliphatic carbocycles. The second kappa shape index (κ2) is 10.0. The van der Waals surface area contributed by atoms with Crippen molar-refractivity contribution in [3.8, 4) is 0 Å². The summed E-state index contributed by atoms with van der Waals surface area (Å²) in [5.74, 6) is -0.885. The fourth-order valence-corrected chi connectivity index (χ4v) is 5.04. The molecule has 5 rings (SSSR count). The third-order valence-electron chi connectivity index (χ3n) is 5.95. The molecule has 2 heterocycles. The number of nitro benzene ring substituents is 1.